The normalized spacial score (nSPS) is 18.7. The lowest BCUT2D eigenvalue weighted by molar-refractivity contribution is 0.0855. The predicted octanol–water partition coefficient (Wildman–Crippen LogP) is 3.01. The topological polar surface area (TPSA) is 32.7 Å². The number of anilines is 1. The number of halogens is 1. The summed E-state index contributed by atoms with van der Waals surface area (Å²) in [5.41, 5.74) is 1.87. The molecule has 0 aromatic heterocycles. The number of ether oxygens (including phenoxy) is 1. The molecular formula is C14H20ClNO2. The van der Waals surface area contributed by atoms with Crippen LogP contribution in [0.5, 0.6) is 0 Å². The summed E-state index contributed by atoms with van der Waals surface area (Å²) >= 11 is 6.20. The van der Waals surface area contributed by atoms with Gasteiger partial charge in [-0.1, -0.05) is 17.7 Å². The summed E-state index contributed by atoms with van der Waals surface area (Å²) in [6.07, 6.45) is 1.57. The fourth-order valence-corrected chi connectivity index (χ4v) is 2.69. The Morgan fingerprint density at radius 2 is 2.06 bits per heavy atom. The first kappa shape index (κ1) is 13.7. The molecule has 1 N–H and O–H groups in total. The minimum absolute atomic E-state index is 0.507. The van der Waals surface area contributed by atoms with E-state index in [1.54, 1.807) is 6.92 Å². The molecule has 18 heavy (non-hydrogen) atoms. The van der Waals surface area contributed by atoms with Crippen molar-refractivity contribution in [2.75, 3.05) is 25.2 Å². The molecule has 1 aliphatic heterocycles. The molecule has 1 saturated heterocycles. The maximum atomic E-state index is 9.57. The Bertz CT molecular complexity index is 403. The average Bonchev–Trinajstić information content (AvgIpc) is 2.38. The van der Waals surface area contributed by atoms with Gasteiger partial charge in [0, 0.05) is 37.0 Å². The molecule has 0 saturated carbocycles. The van der Waals surface area contributed by atoms with Gasteiger partial charge >= 0.3 is 0 Å². The van der Waals surface area contributed by atoms with Gasteiger partial charge in [0.05, 0.1) is 6.10 Å². The summed E-state index contributed by atoms with van der Waals surface area (Å²) < 4.78 is 5.37. The summed E-state index contributed by atoms with van der Waals surface area (Å²) in [5, 5.41) is 10.2. The minimum atomic E-state index is -0.528. The van der Waals surface area contributed by atoms with Crippen LogP contribution in [0.25, 0.3) is 0 Å². The highest BCUT2D eigenvalue weighted by Gasteiger charge is 2.19. The van der Waals surface area contributed by atoms with Gasteiger partial charge in [0.1, 0.15) is 0 Å². The summed E-state index contributed by atoms with van der Waals surface area (Å²) in [4.78, 5) is 2.25. The van der Waals surface area contributed by atoms with E-state index in [1.165, 1.54) is 0 Å². The molecule has 100 valence electrons. The molecule has 3 nitrogen and oxygen atoms in total. The minimum Gasteiger partial charge on any atom is -0.389 e. The first-order chi connectivity index (χ1) is 8.59. The van der Waals surface area contributed by atoms with E-state index in [9.17, 15) is 5.11 Å². The number of nitrogens with zero attached hydrogens (tertiary/aromatic N) is 1. The summed E-state index contributed by atoms with van der Waals surface area (Å²) in [6.45, 7) is 3.38. The zero-order valence-electron chi connectivity index (χ0n) is 10.9. The molecule has 0 amide bonds. The van der Waals surface area contributed by atoms with Crippen LogP contribution in [-0.4, -0.2) is 31.4 Å². The SMILES string of the molecule is CC(O)c1ccc(N(C)C2CCOCC2)cc1Cl. The van der Waals surface area contributed by atoms with Crippen LogP contribution < -0.4 is 4.90 Å². The Labute approximate surface area is 113 Å². The average molecular weight is 270 g/mol. The van der Waals surface area contributed by atoms with Gasteiger partial charge in [0.15, 0.2) is 0 Å². The molecule has 1 aromatic rings. The zero-order valence-corrected chi connectivity index (χ0v) is 11.7. The first-order valence-corrected chi connectivity index (χ1v) is 6.75. The lowest BCUT2D eigenvalue weighted by atomic mass is 10.1. The van der Waals surface area contributed by atoms with Crippen LogP contribution in [0.3, 0.4) is 0 Å². The van der Waals surface area contributed by atoms with Crippen LogP contribution in [0.1, 0.15) is 31.4 Å². The molecule has 0 spiro atoms. The standard InChI is InChI=1S/C14H20ClNO2/c1-10(17)13-4-3-12(9-14(13)15)16(2)11-5-7-18-8-6-11/h3-4,9-11,17H,5-8H2,1-2H3. The largest absolute Gasteiger partial charge is 0.389 e. The molecule has 1 aliphatic rings. The fourth-order valence-electron chi connectivity index (χ4n) is 2.36. The number of hydrogen-bond acceptors (Lipinski definition) is 3. The van der Waals surface area contributed by atoms with Crippen LogP contribution in [0.15, 0.2) is 18.2 Å². The van der Waals surface area contributed by atoms with Gasteiger partial charge in [-0.05, 0) is 37.5 Å². The van der Waals surface area contributed by atoms with E-state index in [1.807, 2.05) is 18.2 Å². The molecule has 0 bridgehead atoms. The Morgan fingerprint density at radius 1 is 1.39 bits per heavy atom. The highest BCUT2D eigenvalue weighted by Crippen LogP contribution is 2.29. The van der Waals surface area contributed by atoms with E-state index >= 15 is 0 Å². The van der Waals surface area contributed by atoms with Gasteiger partial charge in [0.2, 0.25) is 0 Å². The van der Waals surface area contributed by atoms with Crippen molar-refractivity contribution in [3.05, 3.63) is 28.8 Å². The highest BCUT2D eigenvalue weighted by molar-refractivity contribution is 6.31. The molecule has 1 aromatic carbocycles. The van der Waals surface area contributed by atoms with Crippen LogP contribution in [-0.2, 0) is 4.74 Å². The monoisotopic (exact) mass is 269 g/mol. The number of rotatable bonds is 3. The maximum absolute atomic E-state index is 9.57. The lowest BCUT2D eigenvalue weighted by Gasteiger charge is -2.33. The molecule has 1 heterocycles. The predicted molar refractivity (Wildman–Crippen MR) is 74.3 cm³/mol. The molecular weight excluding hydrogens is 250 g/mol. The number of aliphatic hydroxyl groups excluding tert-OH is 1. The van der Waals surface area contributed by atoms with Gasteiger partial charge in [-0.25, -0.2) is 0 Å². The lowest BCUT2D eigenvalue weighted by Crippen LogP contribution is -2.36. The molecule has 1 unspecified atom stereocenters. The maximum Gasteiger partial charge on any atom is 0.0776 e. The summed E-state index contributed by atoms with van der Waals surface area (Å²) in [5.74, 6) is 0. The van der Waals surface area contributed by atoms with Crippen LogP contribution in [0, 0.1) is 0 Å². The van der Waals surface area contributed by atoms with Gasteiger partial charge in [-0.15, -0.1) is 0 Å². The Hall–Kier alpha value is -0.770. The second-order valence-corrected chi connectivity index (χ2v) is 5.24. The Balaban J connectivity index is 2.15. The van der Waals surface area contributed by atoms with E-state index in [0.717, 1.165) is 37.3 Å². The fraction of sp³-hybridized carbons (Fsp3) is 0.571. The van der Waals surface area contributed by atoms with Crippen molar-refractivity contribution in [3.8, 4) is 0 Å². The van der Waals surface area contributed by atoms with E-state index in [4.69, 9.17) is 16.3 Å². The summed E-state index contributed by atoms with van der Waals surface area (Å²) in [6, 6.07) is 6.35. The number of hydrogen-bond donors (Lipinski definition) is 1. The van der Waals surface area contributed by atoms with Crippen molar-refractivity contribution in [2.24, 2.45) is 0 Å². The molecule has 1 fully saturated rings. The first-order valence-electron chi connectivity index (χ1n) is 6.37. The summed E-state index contributed by atoms with van der Waals surface area (Å²) in [7, 11) is 2.09. The quantitative estimate of drug-likeness (QED) is 0.916. The van der Waals surface area contributed by atoms with Crippen molar-refractivity contribution in [1.29, 1.82) is 0 Å². The van der Waals surface area contributed by atoms with Gasteiger partial charge in [-0.3, -0.25) is 0 Å². The third-order valence-corrected chi connectivity index (χ3v) is 3.91. The van der Waals surface area contributed by atoms with Gasteiger partial charge in [-0.2, -0.15) is 0 Å². The number of benzene rings is 1. The van der Waals surface area contributed by atoms with Crippen molar-refractivity contribution in [1.82, 2.24) is 0 Å². The van der Waals surface area contributed by atoms with Crippen LogP contribution in [0.4, 0.5) is 5.69 Å². The van der Waals surface area contributed by atoms with E-state index in [0.29, 0.717) is 11.1 Å². The Kier molecular flexibility index (Phi) is 4.49. The van der Waals surface area contributed by atoms with Gasteiger partial charge < -0.3 is 14.7 Å². The van der Waals surface area contributed by atoms with Crippen molar-refractivity contribution in [3.63, 3.8) is 0 Å². The molecule has 1 atom stereocenters. The second kappa shape index (κ2) is 5.91. The third kappa shape index (κ3) is 2.97. The molecule has 0 radical (unpaired) electrons. The molecule has 4 heteroatoms. The number of aliphatic hydroxyl groups is 1. The van der Waals surface area contributed by atoms with E-state index in [-0.39, 0.29) is 0 Å². The zero-order chi connectivity index (χ0) is 13.1. The van der Waals surface area contributed by atoms with Crippen molar-refractivity contribution >= 4 is 17.3 Å². The highest BCUT2D eigenvalue weighted by atomic mass is 35.5. The van der Waals surface area contributed by atoms with Crippen molar-refractivity contribution in [2.45, 2.75) is 31.9 Å². The molecule has 2 rings (SSSR count). The molecule has 0 aliphatic carbocycles. The van der Waals surface area contributed by atoms with Crippen LogP contribution in [0.2, 0.25) is 5.02 Å². The van der Waals surface area contributed by atoms with Crippen molar-refractivity contribution < 1.29 is 9.84 Å². The Morgan fingerprint density at radius 3 is 2.61 bits per heavy atom. The van der Waals surface area contributed by atoms with Gasteiger partial charge in [0.25, 0.3) is 0 Å². The van der Waals surface area contributed by atoms with E-state index in [2.05, 4.69) is 11.9 Å². The smallest absolute Gasteiger partial charge is 0.0776 e. The van der Waals surface area contributed by atoms with Crippen LogP contribution >= 0.6 is 11.6 Å². The van der Waals surface area contributed by atoms with E-state index < -0.39 is 6.10 Å². The third-order valence-electron chi connectivity index (χ3n) is 3.58. The second-order valence-electron chi connectivity index (χ2n) is 4.84.